The lowest BCUT2D eigenvalue weighted by molar-refractivity contribution is -0.117. The predicted molar refractivity (Wildman–Crippen MR) is 115 cm³/mol. The van der Waals surface area contributed by atoms with E-state index in [4.69, 9.17) is 0 Å². The Bertz CT molecular complexity index is 1350. The number of benzene rings is 3. The molecule has 3 aromatic carbocycles. The zero-order valence-electron chi connectivity index (χ0n) is 16.4. The van der Waals surface area contributed by atoms with E-state index in [0.29, 0.717) is 21.8 Å². The van der Waals surface area contributed by atoms with E-state index in [0.717, 1.165) is 12.1 Å². The first kappa shape index (κ1) is 20.2. The molecule has 6 nitrogen and oxygen atoms in total. The SMILES string of the molecule is CC(=O)Nc1cc(F)c(F)cc1NC(=O)Cn1c2ccccc2c(=O)c2ccccc21. The van der Waals surface area contributed by atoms with Crippen LogP contribution in [0.25, 0.3) is 21.8 Å². The van der Waals surface area contributed by atoms with Gasteiger partial charge in [0, 0.05) is 29.8 Å². The Balaban J connectivity index is 1.76. The molecule has 4 rings (SSSR count). The molecule has 156 valence electrons. The zero-order valence-corrected chi connectivity index (χ0v) is 16.4. The van der Waals surface area contributed by atoms with E-state index in [1.807, 2.05) is 0 Å². The van der Waals surface area contributed by atoms with Crippen LogP contribution in [0.1, 0.15) is 6.92 Å². The summed E-state index contributed by atoms with van der Waals surface area (Å²) >= 11 is 0. The van der Waals surface area contributed by atoms with Crippen molar-refractivity contribution in [2.45, 2.75) is 13.5 Å². The number of carbonyl (C=O) groups is 2. The molecule has 4 aromatic rings. The summed E-state index contributed by atoms with van der Waals surface area (Å²) in [5, 5.41) is 5.80. The van der Waals surface area contributed by atoms with Crippen molar-refractivity contribution < 1.29 is 18.4 Å². The third kappa shape index (κ3) is 3.87. The second kappa shape index (κ2) is 7.98. The number of nitrogens with zero attached hydrogens (tertiary/aromatic N) is 1. The highest BCUT2D eigenvalue weighted by Gasteiger charge is 2.16. The molecule has 0 saturated carbocycles. The Morgan fingerprint density at radius 1 is 0.839 bits per heavy atom. The van der Waals surface area contributed by atoms with Crippen molar-refractivity contribution in [3.8, 4) is 0 Å². The maximum absolute atomic E-state index is 13.8. The lowest BCUT2D eigenvalue weighted by Crippen LogP contribution is -2.22. The van der Waals surface area contributed by atoms with Crippen molar-refractivity contribution >= 4 is 45.0 Å². The van der Waals surface area contributed by atoms with Crippen LogP contribution in [0.4, 0.5) is 20.2 Å². The predicted octanol–water partition coefficient (Wildman–Crippen LogP) is 4.03. The van der Waals surface area contributed by atoms with Gasteiger partial charge in [0.05, 0.1) is 22.4 Å². The Morgan fingerprint density at radius 2 is 1.32 bits per heavy atom. The minimum Gasteiger partial charge on any atom is -0.331 e. The molecule has 0 spiro atoms. The maximum atomic E-state index is 13.8. The summed E-state index contributed by atoms with van der Waals surface area (Å²) < 4.78 is 29.0. The number of para-hydroxylation sites is 2. The molecule has 0 bridgehead atoms. The average Bonchev–Trinajstić information content (AvgIpc) is 2.74. The molecular weight excluding hydrogens is 404 g/mol. The van der Waals surface area contributed by atoms with Gasteiger partial charge in [0.1, 0.15) is 6.54 Å². The van der Waals surface area contributed by atoms with Crippen LogP contribution in [0.3, 0.4) is 0 Å². The van der Waals surface area contributed by atoms with Crippen LogP contribution in [-0.2, 0) is 16.1 Å². The summed E-state index contributed by atoms with van der Waals surface area (Å²) in [7, 11) is 0. The summed E-state index contributed by atoms with van der Waals surface area (Å²) in [6, 6.07) is 15.4. The fraction of sp³-hybridized carbons (Fsp3) is 0.0870. The number of amides is 2. The molecular formula is C23H17F2N3O3. The fourth-order valence-corrected chi connectivity index (χ4v) is 3.52. The Hall–Kier alpha value is -4.07. The number of aromatic nitrogens is 1. The molecule has 0 fully saturated rings. The van der Waals surface area contributed by atoms with Crippen LogP contribution in [-0.4, -0.2) is 16.4 Å². The minimum absolute atomic E-state index is 0.0608. The molecule has 0 saturated heterocycles. The molecule has 0 atom stereocenters. The van der Waals surface area contributed by atoms with Crippen LogP contribution >= 0.6 is 0 Å². The normalized spacial score (nSPS) is 10.9. The Morgan fingerprint density at radius 3 is 1.84 bits per heavy atom. The minimum atomic E-state index is -1.16. The number of halogens is 2. The van der Waals surface area contributed by atoms with Gasteiger partial charge in [0.15, 0.2) is 17.1 Å². The van der Waals surface area contributed by atoms with Gasteiger partial charge < -0.3 is 15.2 Å². The zero-order chi connectivity index (χ0) is 22.1. The van der Waals surface area contributed by atoms with Crippen LogP contribution in [0.5, 0.6) is 0 Å². The van der Waals surface area contributed by atoms with E-state index >= 15 is 0 Å². The molecule has 2 amide bonds. The van der Waals surface area contributed by atoms with Gasteiger partial charge >= 0.3 is 0 Å². The molecule has 0 aliphatic carbocycles. The first-order valence-corrected chi connectivity index (χ1v) is 9.42. The molecule has 8 heteroatoms. The summed E-state index contributed by atoms with van der Waals surface area (Å²) in [5.74, 6) is -3.36. The first-order valence-electron chi connectivity index (χ1n) is 9.42. The smallest absolute Gasteiger partial charge is 0.244 e. The second-order valence-corrected chi connectivity index (χ2v) is 6.99. The van der Waals surface area contributed by atoms with Crippen molar-refractivity contribution in [2.24, 2.45) is 0 Å². The van der Waals surface area contributed by atoms with Gasteiger partial charge in [-0.05, 0) is 24.3 Å². The summed E-state index contributed by atoms with van der Waals surface area (Å²) in [6.07, 6.45) is 0. The van der Waals surface area contributed by atoms with E-state index in [1.54, 1.807) is 53.1 Å². The monoisotopic (exact) mass is 421 g/mol. The standard InChI is InChI=1S/C23H17F2N3O3/c1-13(29)26-18-10-16(24)17(25)11-19(18)27-22(30)12-28-20-8-4-2-6-14(20)23(31)15-7-3-5-9-21(15)28/h2-11H,12H2,1H3,(H,26,29)(H,27,30). The first-order chi connectivity index (χ1) is 14.8. The van der Waals surface area contributed by atoms with E-state index in [2.05, 4.69) is 10.6 Å². The van der Waals surface area contributed by atoms with Crippen molar-refractivity contribution in [3.63, 3.8) is 0 Å². The molecule has 1 aromatic heterocycles. The third-order valence-electron chi connectivity index (χ3n) is 4.83. The van der Waals surface area contributed by atoms with E-state index in [1.165, 1.54) is 6.92 Å². The Labute approximate surface area is 175 Å². The number of hydrogen-bond acceptors (Lipinski definition) is 3. The van der Waals surface area contributed by atoms with Crippen molar-refractivity contribution in [3.05, 3.63) is 82.5 Å². The number of hydrogen-bond donors (Lipinski definition) is 2. The van der Waals surface area contributed by atoms with Crippen LogP contribution in [0, 0.1) is 11.6 Å². The topological polar surface area (TPSA) is 80.2 Å². The lowest BCUT2D eigenvalue weighted by atomic mass is 10.1. The van der Waals surface area contributed by atoms with Gasteiger partial charge in [-0.15, -0.1) is 0 Å². The number of carbonyl (C=O) groups excluding carboxylic acids is 2. The van der Waals surface area contributed by atoms with E-state index < -0.39 is 23.4 Å². The molecule has 0 aliphatic rings. The highest BCUT2D eigenvalue weighted by molar-refractivity contribution is 6.00. The highest BCUT2D eigenvalue weighted by atomic mass is 19.2. The van der Waals surface area contributed by atoms with Crippen LogP contribution < -0.4 is 16.1 Å². The van der Waals surface area contributed by atoms with Gasteiger partial charge in [-0.25, -0.2) is 8.78 Å². The average molecular weight is 421 g/mol. The number of fused-ring (bicyclic) bond motifs is 2. The Kier molecular flexibility index (Phi) is 5.21. The van der Waals surface area contributed by atoms with Crippen LogP contribution in [0.2, 0.25) is 0 Å². The van der Waals surface area contributed by atoms with Gasteiger partial charge in [-0.3, -0.25) is 14.4 Å². The molecule has 2 N–H and O–H groups in total. The molecule has 1 heterocycles. The number of anilines is 2. The van der Waals surface area contributed by atoms with Gasteiger partial charge in [0.25, 0.3) is 0 Å². The molecule has 0 aliphatic heterocycles. The molecule has 31 heavy (non-hydrogen) atoms. The second-order valence-electron chi connectivity index (χ2n) is 6.99. The largest absolute Gasteiger partial charge is 0.331 e. The van der Waals surface area contributed by atoms with Crippen molar-refractivity contribution in [1.82, 2.24) is 4.57 Å². The number of pyridine rings is 1. The van der Waals surface area contributed by atoms with E-state index in [9.17, 15) is 23.2 Å². The third-order valence-corrected chi connectivity index (χ3v) is 4.83. The molecule has 0 unspecified atom stereocenters. The van der Waals surface area contributed by atoms with Gasteiger partial charge in [0.2, 0.25) is 11.8 Å². The summed E-state index contributed by atoms with van der Waals surface area (Å²) in [5.41, 5.74) is 0.849. The van der Waals surface area contributed by atoms with Crippen molar-refractivity contribution in [2.75, 3.05) is 10.6 Å². The van der Waals surface area contributed by atoms with Crippen LogP contribution in [0.15, 0.2) is 65.5 Å². The van der Waals surface area contributed by atoms with Crippen molar-refractivity contribution in [1.29, 1.82) is 0 Å². The number of nitrogens with one attached hydrogen (secondary N) is 2. The van der Waals surface area contributed by atoms with Gasteiger partial charge in [-0.1, -0.05) is 24.3 Å². The quantitative estimate of drug-likeness (QED) is 0.488. The summed E-state index contributed by atoms with van der Waals surface area (Å²) in [6.45, 7) is 1.02. The fourth-order valence-electron chi connectivity index (χ4n) is 3.52. The van der Waals surface area contributed by atoms with E-state index in [-0.39, 0.29) is 23.3 Å². The van der Waals surface area contributed by atoms with Gasteiger partial charge in [-0.2, -0.15) is 0 Å². The number of rotatable bonds is 4. The lowest BCUT2D eigenvalue weighted by Gasteiger charge is -2.16. The summed E-state index contributed by atoms with van der Waals surface area (Å²) in [4.78, 5) is 37.0. The molecule has 0 radical (unpaired) electrons. The highest BCUT2D eigenvalue weighted by Crippen LogP contribution is 2.26. The maximum Gasteiger partial charge on any atom is 0.244 e.